The van der Waals surface area contributed by atoms with Gasteiger partial charge in [0.05, 0.1) is 11.2 Å². The Labute approximate surface area is 94.7 Å². The molecule has 0 unspecified atom stereocenters. The van der Waals surface area contributed by atoms with E-state index in [1.54, 1.807) is 0 Å². The quantitative estimate of drug-likeness (QED) is 0.710. The number of halogens is 1. The summed E-state index contributed by atoms with van der Waals surface area (Å²) in [4.78, 5) is 0. The normalized spacial score (nSPS) is 16.5. The van der Waals surface area contributed by atoms with E-state index in [-0.39, 0.29) is 5.03 Å². The van der Waals surface area contributed by atoms with Crippen molar-refractivity contribution >= 4 is 10.2 Å². The molecule has 0 saturated heterocycles. The molecule has 0 radical (unpaired) electrons. The molecule has 0 amide bonds. The van der Waals surface area contributed by atoms with E-state index in [2.05, 4.69) is 5.10 Å². The lowest BCUT2D eigenvalue weighted by atomic mass is 10.1. The second-order valence-electron chi connectivity index (χ2n) is 5.10. The zero-order valence-electron chi connectivity index (χ0n) is 9.62. The first-order valence-electron chi connectivity index (χ1n) is 5.27. The molecule has 6 heteroatoms. The summed E-state index contributed by atoms with van der Waals surface area (Å²) in [6.07, 6.45) is 2.19. The zero-order chi connectivity index (χ0) is 12.1. The molecule has 1 heterocycles. The van der Waals surface area contributed by atoms with Gasteiger partial charge in [0.2, 0.25) is 0 Å². The van der Waals surface area contributed by atoms with Crippen LogP contribution in [0.3, 0.4) is 0 Å². The molecular formula is C10H15FN2O2S. The number of nitrogens with zero attached hydrogens (tertiary/aromatic N) is 2. The van der Waals surface area contributed by atoms with Crippen LogP contribution < -0.4 is 0 Å². The highest BCUT2D eigenvalue weighted by Crippen LogP contribution is 2.32. The highest BCUT2D eigenvalue weighted by molar-refractivity contribution is 7.86. The van der Waals surface area contributed by atoms with Gasteiger partial charge in [0.15, 0.2) is 5.03 Å². The first kappa shape index (κ1) is 11.6. The Balaban J connectivity index is 2.73. The van der Waals surface area contributed by atoms with Gasteiger partial charge in [-0.05, 0) is 40.0 Å². The van der Waals surface area contributed by atoms with Gasteiger partial charge in [0, 0.05) is 5.56 Å². The van der Waals surface area contributed by atoms with Gasteiger partial charge >= 0.3 is 10.2 Å². The molecule has 0 atom stereocenters. The largest absolute Gasteiger partial charge is 0.349 e. The van der Waals surface area contributed by atoms with Crippen molar-refractivity contribution in [1.82, 2.24) is 9.78 Å². The van der Waals surface area contributed by atoms with Crippen molar-refractivity contribution in [2.75, 3.05) is 0 Å². The number of hydrogen-bond donors (Lipinski definition) is 0. The summed E-state index contributed by atoms with van der Waals surface area (Å²) in [5, 5.41) is 3.98. The summed E-state index contributed by atoms with van der Waals surface area (Å²) >= 11 is 0. The van der Waals surface area contributed by atoms with Crippen LogP contribution in [0, 0.1) is 0 Å². The topological polar surface area (TPSA) is 52.0 Å². The van der Waals surface area contributed by atoms with Crippen LogP contribution in [0.2, 0.25) is 0 Å². The third-order valence-corrected chi connectivity index (χ3v) is 3.61. The summed E-state index contributed by atoms with van der Waals surface area (Å²) in [6, 6.07) is 0. The van der Waals surface area contributed by atoms with Crippen LogP contribution >= 0.6 is 0 Å². The molecule has 0 aliphatic heterocycles. The van der Waals surface area contributed by atoms with Gasteiger partial charge in [-0.2, -0.15) is 13.5 Å². The smallest absolute Gasteiger partial charge is 0.246 e. The van der Waals surface area contributed by atoms with E-state index in [9.17, 15) is 12.3 Å². The second kappa shape index (κ2) is 3.29. The number of rotatable bonds is 1. The number of aromatic nitrogens is 2. The van der Waals surface area contributed by atoms with Crippen molar-refractivity contribution in [3.05, 3.63) is 11.3 Å². The highest BCUT2D eigenvalue weighted by Gasteiger charge is 2.34. The Morgan fingerprint density at radius 1 is 1.31 bits per heavy atom. The Kier molecular flexibility index (Phi) is 2.38. The molecule has 1 aromatic heterocycles. The van der Waals surface area contributed by atoms with Gasteiger partial charge in [0.1, 0.15) is 0 Å². The maximum Gasteiger partial charge on any atom is 0.349 e. The van der Waals surface area contributed by atoms with Crippen molar-refractivity contribution in [3.8, 4) is 0 Å². The Morgan fingerprint density at radius 2 is 1.94 bits per heavy atom. The van der Waals surface area contributed by atoms with E-state index in [4.69, 9.17) is 0 Å². The third-order valence-electron chi connectivity index (χ3n) is 2.73. The minimum absolute atomic E-state index is 0.243. The van der Waals surface area contributed by atoms with Gasteiger partial charge < -0.3 is 0 Å². The molecule has 1 aliphatic rings. The molecule has 4 nitrogen and oxygen atoms in total. The molecule has 1 aromatic rings. The van der Waals surface area contributed by atoms with Crippen LogP contribution in [0.15, 0.2) is 5.03 Å². The van der Waals surface area contributed by atoms with Gasteiger partial charge in [-0.1, -0.05) is 3.89 Å². The van der Waals surface area contributed by atoms with Crippen LogP contribution in [0.4, 0.5) is 3.89 Å². The summed E-state index contributed by atoms with van der Waals surface area (Å²) in [5.41, 5.74) is 0.766. The van der Waals surface area contributed by atoms with Crippen LogP contribution in [-0.2, 0) is 28.6 Å². The lowest BCUT2D eigenvalue weighted by Gasteiger charge is -2.21. The predicted molar refractivity (Wildman–Crippen MR) is 57.5 cm³/mol. The maximum atomic E-state index is 13.3. The molecule has 90 valence electrons. The Hall–Kier alpha value is -0.910. The van der Waals surface area contributed by atoms with E-state index in [1.165, 1.54) is 4.68 Å². The molecular weight excluding hydrogens is 231 g/mol. The van der Waals surface area contributed by atoms with Crippen molar-refractivity contribution in [1.29, 1.82) is 0 Å². The second-order valence-corrected chi connectivity index (χ2v) is 6.37. The lowest BCUT2D eigenvalue weighted by Crippen LogP contribution is -2.26. The van der Waals surface area contributed by atoms with Gasteiger partial charge in [0.25, 0.3) is 0 Å². The van der Waals surface area contributed by atoms with Gasteiger partial charge in [-0.3, -0.25) is 0 Å². The number of hydrogen-bond acceptors (Lipinski definition) is 3. The minimum Gasteiger partial charge on any atom is -0.246 e. The SMILES string of the molecule is CC(C)(C)n1nc2c(c1S(=O)(=O)F)CCC2. The van der Waals surface area contributed by atoms with Crippen LogP contribution in [0.25, 0.3) is 0 Å². The highest BCUT2D eigenvalue weighted by atomic mass is 32.3. The average molecular weight is 246 g/mol. The molecule has 0 aromatic carbocycles. The van der Waals surface area contributed by atoms with E-state index in [1.807, 2.05) is 20.8 Å². The monoisotopic (exact) mass is 246 g/mol. The predicted octanol–water partition coefficient (Wildman–Crippen LogP) is 1.78. The Morgan fingerprint density at radius 3 is 2.44 bits per heavy atom. The van der Waals surface area contributed by atoms with E-state index in [0.29, 0.717) is 12.0 Å². The standard InChI is InChI=1S/C10H15FN2O2S/c1-10(2,3)13-9(16(11,14)15)7-5-4-6-8(7)12-13/h4-6H2,1-3H3. The zero-order valence-corrected chi connectivity index (χ0v) is 10.4. The van der Waals surface area contributed by atoms with Gasteiger partial charge in [-0.15, -0.1) is 0 Å². The molecule has 0 saturated carbocycles. The fraction of sp³-hybridized carbons (Fsp3) is 0.700. The van der Waals surface area contributed by atoms with Crippen LogP contribution in [0.1, 0.15) is 38.4 Å². The fourth-order valence-corrected chi connectivity index (χ4v) is 3.10. The fourth-order valence-electron chi connectivity index (χ4n) is 2.07. The van der Waals surface area contributed by atoms with Crippen molar-refractivity contribution in [2.24, 2.45) is 0 Å². The molecule has 2 rings (SSSR count). The third kappa shape index (κ3) is 1.75. The summed E-state index contributed by atoms with van der Waals surface area (Å²) in [6.45, 7) is 5.43. The molecule has 0 bridgehead atoms. The van der Waals surface area contributed by atoms with Crippen LogP contribution in [0.5, 0.6) is 0 Å². The molecule has 0 spiro atoms. The summed E-state index contributed by atoms with van der Waals surface area (Å²) in [7, 11) is -4.70. The number of aryl methyl sites for hydroxylation is 1. The summed E-state index contributed by atoms with van der Waals surface area (Å²) in [5.74, 6) is 0. The molecule has 1 aliphatic carbocycles. The lowest BCUT2D eigenvalue weighted by molar-refractivity contribution is 0.319. The molecule has 0 fully saturated rings. The average Bonchev–Trinajstić information content (AvgIpc) is 2.53. The number of fused-ring (bicyclic) bond motifs is 1. The van der Waals surface area contributed by atoms with Crippen molar-refractivity contribution in [3.63, 3.8) is 0 Å². The first-order chi connectivity index (χ1) is 7.21. The maximum absolute atomic E-state index is 13.3. The summed E-state index contributed by atoms with van der Waals surface area (Å²) < 4.78 is 37.0. The first-order valence-corrected chi connectivity index (χ1v) is 6.65. The van der Waals surface area contributed by atoms with Crippen molar-refractivity contribution < 1.29 is 12.3 Å². The van der Waals surface area contributed by atoms with E-state index in [0.717, 1.165) is 18.5 Å². The van der Waals surface area contributed by atoms with Gasteiger partial charge in [-0.25, -0.2) is 4.68 Å². The minimum atomic E-state index is -4.70. The van der Waals surface area contributed by atoms with E-state index >= 15 is 0 Å². The van der Waals surface area contributed by atoms with Crippen LogP contribution in [-0.4, -0.2) is 18.2 Å². The molecule has 0 N–H and O–H groups in total. The molecule has 16 heavy (non-hydrogen) atoms. The van der Waals surface area contributed by atoms with Crippen molar-refractivity contribution in [2.45, 2.75) is 50.6 Å². The Bertz CT molecular complexity index is 526. The van der Waals surface area contributed by atoms with E-state index < -0.39 is 15.8 Å².